The normalized spacial score (nSPS) is 10.5. The number of carbonyl (C=O) groups excluding carboxylic acids is 1. The molecule has 3 rings (SSSR count). The zero-order chi connectivity index (χ0) is 19.9. The summed E-state index contributed by atoms with van der Waals surface area (Å²) in [4.78, 5) is 23.5. The first kappa shape index (κ1) is 19.3. The molecule has 28 heavy (non-hydrogen) atoms. The third-order valence-electron chi connectivity index (χ3n) is 3.79. The molecule has 0 spiro atoms. The lowest BCUT2D eigenvalue weighted by Gasteiger charge is -2.13. The molecule has 7 nitrogen and oxygen atoms in total. The Labute approximate surface area is 161 Å². The van der Waals surface area contributed by atoms with Crippen molar-refractivity contribution >= 4 is 22.6 Å². The van der Waals surface area contributed by atoms with Crippen molar-refractivity contribution in [3.05, 3.63) is 59.0 Å². The van der Waals surface area contributed by atoms with Gasteiger partial charge in [-0.3, -0.25) is 4.79 Å². The number of benzene rings is 2. The molecule has 0 radical (unpaired) electrons. The highest BCUT2D eigenvalue weighted by Gasteiger charge is 2.10. The van der Waals surface area contributed by atoms with Gasteiger partial charge in [-0.15, -0.1) is 0 Å². The SMILES string of the molecule is CCOc1ccc(NC(=O)COc2ccc3ccc(=O)oc3c2)cc1OCC. The minimum absolute atomic E-state index is 0.195. The minimum atomic E-state index is -0.442. The van der Waals surface area contributed by atoms with Crippen LogP contribution in [0.25, 0.3) is 11.0 Å². The summed E-state index contributed by atoms with van der Waals surface area (Å²) in [7, 11) is 0. The van der Waals surface area contributed by atoms with Crippen LogP contribution in [0.4, 0.5) is 5.69 Å². The number of nitrogens with one attached hydrogen (secondary N) is 1. The first-order chi connectivity index (χ1) is 13.6. The van der Waals surface area contributed by atoms with Gasteiger partial charge in [0, 0.05) is 29.3 Å². The summed E-state index contributed by atoms with van der Waals surface area (Å²) in [6.45, 7) is 4.57. The predicted octanol–water partition coefficient (Wildman–Crippen LogP) is 3.61. The first-order valence-corrected chi connectivity index (χ1v) is 8.95. The molecule has 0 aliphatic carbocycles. The van der Waals surface area contributed by atoms with E-state index in [-0.39, 0.29) is 12.5 Å². The Balaban J connectivity index is 1.64. The van der Waals surface area contributed by atoms with Gasteiger partial charge in [0.1, 0.15) is 11.3 Å². The van der Waals surface area contributed by atoms with E-state index < -0.39 is 5.63 Å². The Hall–Kier alpha value is -3.48. The van der Waals surface area contributed by atoms with E-state index in [1.807, 2.05) is 13.8 Å². The van der Waals surface area contributed by atoms with Crippen LogP contribution in [0.15, 0.2) is 57.7 Å². The number of fused-ring (bicyclic) bond motifs is 1. The lowest BCUT2D eigenvalue weighted by molar-refractivity contribution is -0.118. The van der Waals surface area contributed by atoms with E-state index in [9.17, 15) is 9.59 Å². The molecule has 0 atom stereocenters. The van der Waals surface area contributed by atoms with E-state index in [4.69, 9.17) is 18.6 Å². The highest BCUT2D eigenvalue weighted by Crippen LogP contribution is 2.30. The zero-order valence-corrected chi connectivity index (χ0v) is 15.7. The van der Waals surface area contributed by atoms with E-state index in [2.05, 4.69) is 5.32 Å². The second kappa shape index (κ2) is 8.94. The molecule has 1 amide bonds. The van der Waals surface area contributed by atoms with Crippen molar-refractivity contribution in [1.29, 1.82) is 0 Å². The zero-order valence-electron chi connectivity index (χ0n) is 15.7. The Bertz CT molecular complexity index is 1030. The number of anilines is 1. The van der Waals surface area contributed by atoms with Crippen LogP contribution in [0, 0.1) is 0 Å². The third kappa shape index (κ3) is 4.82. The first-order valence-electron chi connectivity index (χ1n) is 8.95. The standard InChI is InChI=1S/C21H21NO6/c1-3-25-17-9-7-15(11-19(17)26-4-2)22-20(23)13-27-16-8-5-14-6-10-21(24)28-18(14)12-16/h5-12H,3-4,13H2,1-2H3,(H,22,23). The van der Waals surface area contributed by atoms with Gasteiger partial charge in [0.2, 0.25) is 0 Å². The molecule has 3 aromatic rings. The molecule has 2 aromatic carbocycles. The molecule has 0 fully saturated rings. The van der Waals surface area contributed by atoms with Gasteiger partial charge in [-0.25, -0.2) is 4.79 Å². The van der Waals surface area contributed by atoms with Crippen molar-refractivity contribution < 1.29 is 23.4 Å². The fourth-order valence-corrected chi connectivity index (χ4v) is 2.61. The summed E-state index contributed by atoms with van der Waals surface area (Å²) in [6.07, 6.45) is 0. The summed E-state index contributed by atoms with van der Waals surface area (Å²) in [5.74, 6) is 1.28. The smallest absolute Gasteiger partial charge is 0.336 e. The predicted molar refractivity (Wildman–Crippen MR) is 105 cm³/mol. The van der Waals surface area contributed by atoms with Gasteiger partial charge in [-0.05, 0) is 44.2 Å². The van der Waals surface area contributed by atoms with E-state index in [1.54, 1.807) is 42.5 Å². The Morgan fingerprint density at radius 3 is 2.46 bits per heavy atom. The highest BCUT2D eigenvalue weighted by molar-refractivity contribution is 5.92. The van der Waals surface area contributed by atoms with Crippen molar-refractivity contribution in [3.8, 4) is 17.2 Å². The molecule has 0 bridgehead atoms. The number of hydrogen-bond acceptors (Lipinski definition) is 6. The fourth-order valence-electron chi connectivity index (χ4n) is 2.61. The number of carbonyl (C=O) groups is 1. The quantitative estimate of drug-likeness (QED) is 0.598. The van der Waals surface area contributed by atoms with Crippen LogP contribution < -0.4 is 25.2 Å². The van der Waals surface area contributed by atoms with Gasteiger partial charge in [0.25, 0.3) is 5.91 Å². The molecule has 146 valence electrons. The molecule has 0 saturated heterocycles. The van der Waals surface area contributed by atoms with Gasteiger partial charge in [-0.1, -0.05) is 0 Å². The topological polar surface area (TPSA) is 87.0 Å². The van der Waals surface area contributed by atoms with Gasteiger partial charge in [0.15, 0.2) is 18.1 Å². The molecule has 0 aliphatic heterocycles. The molecule has 0 aliphatic rings. The summed E-state index contributed by atoms with van der Waals surface area (Å²) in [5, 5.41) is 3.53. The van der Waals surface area contributed by atoms with Crippen molar-refractivity contribution in [2.24, 2.45) is 0 Å². The summed E-state index contributed by atoms with van der Waals surface area (Å²) < 4.78 is 21.7. The van der Waals surface area contributed by atoms with E-state index in [0.717, 1.165) is 5.39 Å². The van der Waals surface area contributed by atoms with Gasteiger partial charge < -0.3 is 23.9 Å². The monoisotopic (exact) mass is 383 g/mol. The maximum Gasteiger partial charge on any atom is 0.336 e. The number of ether oxygens (including phenoxy) is 3. The molecule has 1 heterocycles. The molecular weight excluding hydrogens is 362 g/mol. The average Bonchev–Trinajstić information content (AvgIpc) is 2.68. The summed E-state index contributed by atoms with van der Waals surface area (Å²) in [6, 6.07) is 13.2. The van der Waals surface area contributed by atoms with Gasteiger partial charge in [0.05, 0.1) is 13.2 Å². The molecule has 0 saturated carbocycles. The van der Waals surface area contributed by atoms with Crippen LogP contribution in [0.2, 0.25) is 0 Å². The molecule has 7 heteroatoms. The molecular formula is C21H21NO6. The van der Waals surface area contributed by atoms with Crippen LogP contribution in [0.5, 0.6) is 17.2 Å². The second-order valence-electron chi connectivity index (χ2n) is 5.82. The molecule has 1 N–H and O–H groups in total. The number of rotatable bonds is 8. The largest absolute Gasteiger partial charge is 0.490 e. The van der Waals surface area contributed by atoms with Crippen LogP contribution in [-0.4, -0.2) is 25.7 Å². The van der Waals surface area contributed by atoms with Crippen LogP contribution in [0.1, 0.15) is 13.8 Å². The van der Waals surface area contributed by atoms with E-state index >= 15 is 0 Å². The van der Waals surface area contributed by atoms with Crippen LogP contribution in [-0.2, 0) is 4.79 Å². The summed E-state index contributed by atoms with van der Waals surface area (Å²) in [5.41, 5.74) is 0.534. The van der Waals surface area contributed by atoms with E-state index in [0.29, 0.717) is 41.7 Å². The van der Waals surface area contributed by atoms with Crippen LogP contribution >= 0.6 is 0 Å². The maximum atomic E-state index is 12.2. The molecule has 1 aromatic heterocycles. The Kier molecular flexibility index (Phi) is 6.16. The average molecular weight is 383 g/mol. The van der Waals surface area contributed by atoms with Crippen molar-refractivity contribution in [1.82, 2.24) is 0 Å². The third-order valence-corrected chi connectivity index (χ3v) is 3.79. The van der Waals surface area contributed by atoms with Crippen molar-refractivity contribution in [2.75, 3.05) is 25.1 Å². The Morgan fingerprint density at radius 2 is 1.68 bits per heavy atom. The van der Waals surface area contributed by atoms with Gasteiger partial charge >= 0.3 is 5.63 Å². The maximum absolute atomic E-state index is 12.2. The minimum Gasteiger partial charge on any atom is -0.490 e. The fraction of sp³-hybridized carbons (Fsp3) is 0.238. The Morgan fingerprint density at radius 1 is 0.929 bits per heavy atom. The number of hydrogen-bond donors (Lipinski definition) is 1. The highest BCUT2D eigenvalue weighted by atomic mass is 16.5. The van der Waals surface area contributed by atoms with Gasteiger partial charge in [-0.2, -0.15) is 0 Å². The van der Waals surface area contributed by atoms with E-state index in [1.165, 1.54) is 6.07 Å². The lowest BCUT2D eigenvalue weighted by atomic mass is 10.2. The summed E-state index contributed by atoms with van der Waals surface area (Å²) >= 11 is 0. The second-order valence-corrected chi connectivity index (χ2v) is 5.82. The molecule has 0 unspecified atom stereocenters. The van der Waals surface area contributed by atoms with Crippen molar-refractivity contribution in [3.63, 3.8) is 0 Å². The number of amides is 1. The van der Waals surface area contributed by atoms with Crippen molar-refractivity contribution in [2.45, 2.75) is 13.8 Å². The lowest BCUT2D eigenvalue weighted by Crippen LogP contribution is -2.20. The van der Waals surface area contributed by atoms with Crippen LogP contribution in [0.3, 0.4) is 0 Å².